The summed E-state index contributed by atoms with van der Waals surface area (Å²) < 4.78 is 1.75. The van der Waals surface area contributed by atoms with Crippen LogP contribution in [0.4, 0.5) is 0 Å². The summed E-state index contributed by atoms with van der Waals surface area (Å²) in [6, 6.07) is 16.1. The van der Waals surface area contributed by atoms with Crippen LogP contribution >= 0.6 is 0 Å². The van der Waals surface area contributed by atoms with E-state index in [9.17, 15) is 4.79 Å². The van der Waals surface area contributed by atoms with Gasteiger partial charge in [0.1, 0.15) is 0 Å². The number of ketones is 1. The summed E-state index contributed by atoms with van der Waals surface area (Å²) in [7, 11) is 0. The van der Waals surface area contributed by atoms with Gasteiger partial charge in [0.25, 0.3) is 0 Å². The van der Waals surface area contributed by atoms with Crippen LogP contribution in [0.5, 0.6) is 0 Å². The number of carbonyl (C=O) groups is 1. The molecule has 3 heterocycles. The first-order valence-electron chi connectivity index (χ1n) is 11.3. The lowest BCUT2D eigenvalue weighted by molar-refractivity contribution is 0.0976. The van der Waals surface area contributed by atoms with Crippen molar-refractivity contribution in [2.24, 2.45) is 0 Å². The molecule has 0 spiro atoms. The van der Waals surface area contributed by atoms with Crippen molar-refractivity contribution in [1.29, 1.82) is 0 Å². The van der Waals surface area contributed by atoms with Gasteiger partial charge in [-0.2, -0.15) is 5.10 Å². The fourth-order valence-corrected chi connectivity index (χ4v) is 3.83. The van der Waals surface area contributed by atoms with E-state index in [1.54, 1.807) is 10.7 Å². The van der Waals surface area contributed by atoms with Gasteiger partial charge in [0, 0.05) is 35.5 Å². The van der Waals surface area contributed by atoms with Gasteiger partial charge in [-0.05, 0) is 44.5 Å². The van der Waals surface area contributed by atoms with E-state index in [2.05, 4.69) is 31.2 Å². The topological polar surface area (TPSA) is 72.2 Å². The summed E-state index contributed by atoms with van der Waals surface area (Å²) in [5, 5.41) is 7.82. The van der Waals surface area contributed by atoms with Crippen molar-refractivity contribution in [3.8, 4) is 22.5 Å². The summed E-state index contributed by atoms with van der Waals surface area (Å²) in [5.74, 6) is 0.141. The molecule has 6 heteroatoms. The lowest BCUT2D eigenvalue weighted by atomic mass is 10.0. The van der Waals surface area contributed by atoms with E-state index < -0.39 is 0 Å². The van der Waals surface area contributed by atoms with Gasteiger partial charge >= 0.3 is 0 Å². The summed E-state index contributed by atoms with van der Waals surface area (Å²) in [6.45, 7) is 7.15. The standard InChI is InChI=1S/C26H29N5O/c1-4-21-15-20(25(32)12-11-18(3)27-5-2)16-24(29-21)22-17-28-31-14-13-23(30-26(22)31)19-9-7-6-8-10-19/h6-10,13-18,27H,4-5,11-12H2,1-3H3/t18-/m0/s1. The highest BCUT2D eigenvalue weighted by Crippen LogP contribution is 2.26. The molecule has 0 amide bonds. The molecule has 164 valence electrons. The summed E-state index contributed by atoms with van der Waals surface area (Å²) in [5.41, 5.74) is 5.81. The van der Waals surface area contributed by atoms with E-state index in [-0.39, 0.29) is 5.78 Å². The summed E-state index contributed by atoms with van der Waals surface area (Å²) in [4.78, 5) is 22.6. The van der Waals surface area contributed by atoms with E-state index in [4.69, 9.17) is 9.97 Å². The third-order valence-electron chi connectivity index (χ3n) is 5.63. The molecule has 0 radical (unpaired) electrons. The minimum absolute atomic E-state index is 0.141. The van der Waals surface area contributed by atoms with Gasteiger partial charge in [-0.1, -0.05) is 44.2 Å². The van der Waals surface area contributed by atoms with E-state index in [0.29, 0.717) is 18.0 Å². The number of Topliss-reactive ketones (excluding diaryl/α,β-unsaturated/α-hetero) is 1. The van der Waals surface area contributed by atoms with Crippen LogP contribution in [0.3, 0.4) is 0 Å². The maximum atomic E-state index is 13.0. The third-order valence-corrected chi connectivity index (χ3v) is 5.63. The molecule has 3 aromatic heterocycles. The molecule has 0 unspecified atom stereocenters. The molecule has 0 bridgehead atoms. The molecule has 0 aliphatic heterocycles. The maximum Gasteiger partial charge on any atom is 0.164 e. The molecule has 4 aromatic rings. The number of aryl methyl sites for hydroxylation is 1. The summed E-state index contributed by atoms with van der Waals surface area (Å²) >= 11 is 0. The number of hydrogen-bond donors (Lipinski definition) is 1. The number of pyridine rings is 1. The highest BCUT2D eigenvalue weighted by atomic mass is 16.1. The van der Waals surface area contributed by atoms with Crippen molar-refractivity contribution in [3.63, 3.8) is 0 Å². The van der Waals surface area contributed by atoms with Gasteiger partial charge in [0.2, 0.25) is 0 Å². The third kappa shape index (κ3) is 4.75. The first kappa shape index (κ1) is 21.8. The molecule has 32 heavy (non-hydrogen) atoms. The molecule has 1 atom stereocenters. The molecule has 0 fully saturated rings. The number of fused-ring (bicyclic) bond motifs is 1. The van der Waals surface area contributed by atoms with Crippen LogP contribution in [0.25, 0.3) is 28.2 Å². The van der Waals surface area contributed by atoms with Crippen molar-refractivity contribution in [1.82, 2.24) is 24.9 Å². The average Bonchev–Trinajstić information content (AvgIpc) is 3.26. The number of hydrogen-bond acceptors (Lipinski definition) is 5. The van der Waals surface area contributed by atoms with Crippen molar-refractivity contribution < 1.29 is 4.79 Å². The van der Waals surface area contributed by atoms with Crippen LogP contribution in [0.2, 0.25) is 0 Å². The van der Waals surface area contributed by atoms with Crippen LogP contribution in [0.1, 0.15) is 49.7 Å². The highest BCUT2D eigenvalue weighted by Gasteiger charge is 2.16. The molecule has 4 rings (SSSR count). The minimum atomic E-state index is 0.141. The van der Waals surface area contributed by atoms with Gasteiger partial charge in [-0.3, -0.25) is 9.78 Å². The Balaban J connectivity index is 1.70. The molecule has 1 aromatic carbocycles. The lowest BCUT2D eigenvalue weighted by Gasteiger charge is -2.12. The van der Waals surface area contributed by atoms with Crippen molar-refractivity contribution in [3.05, 3.63) is 72.2 Å². The molecule has 0 aliphatic rings. The van der Waals surface area contributed by atoms with Crippen LogP contribution in [-0.2, 0) is 6.42 Å². The van der Waals surface area contributed by atoms with E-state index >= 15 is 0 Å². The zero-order valence-electron chi connectivity index (χ0n) is 18.9. The predicted octanol–water partition coefficient (Wildman–Crippen LogP) is 4.98. The Bertz CT molecular complexity index is 1220. The normalized spacial score (nSPS) is 12.2. The van der Waals surface area contributed by atoms with Gasteiger partial charge in [0.15, 0.2) is 11.4 Å². The first-order chi connectivity index (χ1) is 15.6. The Morgan fingerprint density at radius 1 is 1.06 bits per heavy atom. The average molecular weight is 428 g/mol. The summed E-state index contributed by atoms with van der Waals surface area (Å²) in [6.07, 6.45) is 5.76. The number of aromatic nitrogens is 4. The minimum Gasteiger partial charge on any atom is -0.315 e. The largest absolute Gasteiger partial charge is 0.315 e. The van der Waals surface area contributed by atoms with Crippen LogP contribution < -0.4 is 5.32 Å². The smallest absolute Gasteiger partial charge is 0.164 e. The first-order valence-corrected chi connectivity index (χ1v) is 11.3. The molecular formula is C26H29N5O. The Kier molecular flexibility index (Phi) is 6.71. The van der Waals surface area contributed by atoms with Gasteiger partial charge in [0.05, 0.1) is 23.1 Å². The van der Waals surface area contributed by atoms with Crippen LogP contribution in [-0.4, -0.2) is 38.0 Å². The fraction of sp³-hybridized carbons (Fsp3) is 0.308. The highest BCUT2D eigenvalue weighted by molar-refractivity contribution is 5.97. The number of benzene rings is 1. The zero-order valence-corrected chi connectivity index (χ0v) is 18.9. The second kappa shape index (κ2) is 9.83. The SMILES string of the molecule is CCN[C@@H](C)CCC(=O)c1cc(CC)nc(-c2cnn3ccc(-c4ccccc4)nc23)c1. The van der Waals surface area contributed by atoms with E-state index in [1.807, 2.05) is 54.7 Å². The number of rotatable bonds is 9. The van der Waals surface area contributed by atoms with Crippen LogP contribution in [0, 0.1) is 0 Å². The maximum absolute atomic E-state index is 13.0. The van der Waals surface area contributed by atoms with Gasteiger partial charge in [-0.25, -0.2) is 9.50 Å². The van der Waals surface area contributed by atoms with Crippen molar-refractivity contribution >= 4 is 11.4 Å². The van der Waals surface area contributed by atoms with Crippen molar-refractivity contribution in [2.75, 3.05) is 6.54 Å². The monoisotopic (exact) mass is 427 g/mol. The molecule has 0 saturated heterocycles. The number of nitrogens with one attached hydrogen (secondary N) is 1. The van der Waals surface area contributed by atoms with Gasteiger partial charge < -0.3 is 5.32 Å². The number of carbonyl (C=O) groups excluding carboxylic acids is 1. The zero-order chi connectivity index (χ0) is 22.5. The Labute approximate surface area is 188 Å². The van der Waals surface area contributed by atoms with E-state index in [0.717, 1.165) is 53.2 Å². The van der Waals surface area contributed by atoms with Gasteiger partial charge in [-0.15, -0.1) is 0 Å². The Morgan fingerprint density at radius 2 is 1.88 bits per heavy atom. The predicted molar refractivity (Wildman–Crippen MR) is 128 cm³/mol. The molecule has 0 aliphatic carbocycles. The second-order valence-corrected chi connectivity index (χ2v) is 8.01. The Hall–Kier alpha value is -3.38. The molecule has 1 N–H and O–H groups in total. The fourth-order valence-electron chi connectivity index (χ4n) is 3.83. The number of nitrogens with zero attached hydrogens (tertiary/aromatic N) is 4. The molecule has 0 saturated carbocycles. The van der Waals surface area contributed by atoms with E-state index in [1.165, 1.54) is 0 Å². The lowest BCUT2D eigenvalue weighted by Crippen LogP contribution is -2.26. The molecular weight excluding hydrogens is 398 g/mol. The quantitative estimate of drug-likeness (QED) is 0.381. The Morgan fingerprint density at radius 3 is 2.62 bits per heavy atom. The molecule has 6 nitrogen and oxygen atoms in total. The second-order valence-electron chi connectivity index (χ2n) is 8.01. The van der Waals surface area contributed by atoms with Crippen molar-refractivity contribution in [2.45, 2.75) is 46.1 Å². The van der Waals surface area contributed by atoms with Crippen LogP contribution in [0.15, 0.2) is 60.9 Å².